The second-order valence-electron chi connectivity index (χ2n) is 3.68. The van der Waals surface area contributed by atoms with E-state index in [1.807, 2.05) is 20.8 Å². The third-order valence-electron chi connectivity index (χ3n) is 2.96. The summed E-state index contributed by atoms with van der Waals surface area (Å²) in [5.74, 6) is 0.423. The summed E-state index contributed by atoms with van der Waals surface area (Å²) < 4.78 is 5.24. The van der Waals surface area contributed by atoms with Gasteiger partial charge in [-0.25, -0.2) is 0 Å². The van der Waals surface area contributed by atoms with Crippen LogP contribution in [0.15, 0.2) is 0 Å². The molecule has 0 aliphatic carbocycles. The van der Waals surface area contributed by atoms with Gasteiger partial charge in [-0.15, -0.1) is 0 Å². The lowest BCUT2D eigenvalue weighted by Gasteiger charge is -2.40. The van der Waals surface area contributed by atoms with E-state index in [2.05, 4.69) is 0 Å². The van der Waals surface area contributed by atoms with E-state index in [1.54, 1.807) is 0 Å². The highest BCUT2D eigenvalue weighted by atomic mass is 16.6. The van der Waals surface area contributed by atoms with Crippen molar-refractivity contribution < 1.29 is 14.9 Å². The largest absolute Gasteiger partial charge is 0.388 e. The molecule has 72 valence electrons. The second kappa shape index (κ2) is 3.73. The maximum atomic E-state index is 9.45. The molecule has 0 aromatic rings. The van der Waals surface area contributed by atoms with Crippen LogP contribution in [0, 0.1) is 11.8 Å². The molecule has 5 atom stereocenters. The van der Waals surface area contributed by atoms with E-state index < -0.39 is 12.4 Å². The zero-order chi connectivity index (χ0) is 9.30. The standard InChI is InChI=1S/C9H18O3/c1-4-7-5(2)6(3)8(10)9(11)12-7/h5-11H,4H2,1-3H3/t5-,6+,7+,8-,9?/m0/s1. The van der Waals surface area contributed by atoms with Gasteiger partial charge in [0.15, 0.2) is 6.29 Å². The molecule has 1 saturated heterocycles. The normalized spacial score (nSPS) is 49.2. The molecule has 12 heavy (non-hydrogen) atoms. The average molecular weight is 174 g/mol. The number of aliphatic hydroxyl groups is 2. The van der Waals surface area contributed by atoms with Crippen LogP contribution < -0.4 is 0 Å². The zero-order valence-electron chi connectivity index (χ0n) is 7.90. The second-order valence-corrected chi connectivity index (χ2v) is 3.68. The Morgan fingerprint density at radius 2 is 1.75 bits per heavy atom. The fourth-order valence-corrected chi connectivity index (χ4v) is 1.76. The predicted octanol–water partition coefficient (Wildman–Crippen LogP) is 0.747. The molecule has 0 spiro atoms. The monoisotopic (exact) mass is 174 g/mol. The third kappa shape index (κ3) is 1.63. The molecule has 0 aromatic heterocycles. The molecule has 1 aliphatic rings. The Hall–Kier alpha value is -0.120. The first-order chi connectivity index (χ1) is 5.57. The summed E-state index contributed by atoms with van der Waals surface area (Å²) in [7, 11) is 0. The first kappa shape index (κ1) is 9.96. The molecule has 1 unspecified atom stereocenters. The Bertz CT molecular complexity index is 144. The summed E-state index contributed by atoms with van der Waals surface area (Å²) in [6.45, 7) is 6.02. The summed E-state index contributed by atoms with van der Waals surface area (Å²) in [4.78, 5) is 0. The minimum Gasteiger partial charge on any atom is -0.388 e. The Morgan fingerprint density at radius 3 is 2.25 bits per heavy atom. The van der Waals surface area contributed by atoms with Crippen molar-refractivity contribution in [1.82, 2.24) is 0 Å². The van der Waals surface area contributed by atoms with Gasteiger partial charge in [0.1, 0.15) is 6.10 Å². The highest BCUT2D eigenvalue weighted by Crippen LogP contribution is 2.30. The Balaban J connectivity index is 2.63. The van der Waals surface area contributed by atoms with Gasteiger partial charge in [0.05, 0.1) is 6.10 Å². The molecule has 3 heteroatoms. The Labute approximate surface area is 73.4 Å². The van der Waals surface area contributed by atoms with E-state index in [-0.39, 0.29) is 12.0 Å². The van der Waals surface area contributed by atoms with E-state index in [0.717, 1.165) is 6.42 Å². The van der Waals surface area contributed by atoms with Crippen molar-refractivity contribution in [1.29, 1.82) is 0 Å². The quantitative estimate of drug-likeness (QED) is 0.616. The van der Waals surface area contributed by atoms with Crippen LogP contribution in [0.1, 0.15) is 27.2 Å². The zero-order valence-corrected chi connectivity index (χ0v) is 7.90. The number of rotatable bonds is 1. The molecule has 3 nitrogen and oxygen atoms in total. The van der Waals surface area contributed by atoms with Crippen LogP contribution in [0.4, 0.5) is 0 Å². The van der Waals surface area contributed by atoms with Gasteiger partial charge in [0.25, 0.3) is 0 Å². The van der Waals surface area contributed by atoms with Crippen molar-refractivity contribution in [3.05, 3.63) is 0 Å². The third-order valence-corrected chi connectivity index (χ3v) is 2.96. The number of ether oxygens (including phenoxy) is 1. The molecule has 0 bridgehead atoms. The van der Waals surface area contributed by atoms with E-state index >= 15 is 0 Å². The molecule has 1 heterocycles. The fourth-order valence-electron chi connectivity index (χ4n) is 1.76. The SMILES string of the molecule is CC[C@H]1OC(O)[C@@H](O)[C@H](C)[C@@H]1C. The van der Waals surface area contributed by atoms with Crippen LogP contribution in [0.5, 0.6) is 0 Å². The molecule has 1 aliphatic heterocycles. The van der Waals surface area contributed by atoms with Crippen molar-refractivity contribution in [2.45, 2.75) is 45.7 Å². The smallest absolute Gasteiger partial charge is 0.181 e. The van der Waals surface area contributed by atoms with Crippen LogP contribution in [0.2, 0.25) is 0 Å². The molecule has 0 aromatic carbocycles. The van der Waals surface area contributed by atoms with Gasteiger partial charge in [-0.3, -0.25) is 0 Å². The molecule has 0 saturated carbocycles. The van der Waals surface area contributed by atoms with Gasteiger partial charge in [0.2, 0.25) is 0 Å². The van der Waals surface area contributed by atoms with E-state index in [4.69, 9.17) is 4.74 Å². The maximum absolute atomic E-state index is 9.45. The Morgan fingerprint density at radius 1 is 1.17 bits per heavy atom. The fraction of sp³-hybridized carbons (Fsp3) is 1.00. The molecule has 1 fully saturated rings. The van der Waals surface area contributed by atoms with Gasteiger partial charge < -0.3 is 14.9 Å². The van der Waals surface area contributed by atoms with Crippen molar-refractivity contribution in [3.63, 3.8) is 0 Å². The van der Waals surface area contributed by atoms with Gasteiger partial charge in [-0.05, 0) is 18.3 Å². The van der Waals surface area contributed by atoms with Gasteiger partial charge >= 0.3 is 0 Å². The topological polar surface area (TPSA) is 49.7 Å². The molecule has 1 rings (SSSR count). The van der Waals surface area contributed by atoms with E-state index in [9.17, 15) is 10.2 Å². The average Bonchev–Trinajstić information content (AvgIpc) is 2.08. The number of hydrogen-bond donors (Lipinski definition) is 2. The van der Waals surface area contributed by atoms with Crippen molar-refractivity contribution >= 4 is 0 Å². The molecule has 0 radical (unpaired) electrons. The summed E-state index contributed by atoms with van der Waals surface area (Å²) >= 11 is 0. The van der Waals surface area contributed by atoms with Crippen LogP contribution in [0.3, 0.4) is 0 Å². The van der Waals surface area contributed by atoms with E-state index in [1.165, 1.54) is 0 Å². The van der Waals surface area contributed by atoms with Gasteiger partial charge in [0, 0.05) is 0 Å². The lowest BCUT2D eigenvalue weighted by molar-refractivity contribution is -0.250. The highest BCUT2D eigenvalue weighted by molar-refractivity contribution is 4.82. The van der Waals surface area contributed by atoms with Gasteiger partial charge in [-0.1, -0.05) is 20.8 Å². The molecule has 2 N–H and O–H groups in total. The van der Waals surface area contributed by atoms with Crippen LogP contribution >= 0.6 is 0 Å². The summed E-state index contributed by atoms with van der Waals surface area (Å²) in [5, 5.41) is 18.8. The van der Waals surface area contributed by atoms with Crippen molar-refractivity contribution in [2.75, 3.05) is 0 Å². The lowest BCUT2D eigenvalue weighted by Crippen LogP contribution is -2.48. The molecular formula is C9H18O3. The summed E-state index contributed by atoms with van der Waals surface area (Å²) in [6, 6.07) is 0. The first-order valence-corrected chi connectivity index (χ1v) is 4.59. The van der Waals surface area contributed by atoms with Crippen molar-refractivity contribution in [2.24, 2.45) is 11.8 Å². The Kier molecular flexibility index (Phi) is 3.09. The van der Waals surface area contributed by atoms with Crippen molar-refractivity contribution in [3.8, 4) is 0 Å². The minimum atomic E-state index is -0.999. The maximum Gasteiger partial charge on any atom is 0.181 e. The summed E-state index contributed by atoms with van der Waals surface area (Å²) in [5.41, 5.74) is 0. The van der Waals surface area contributed by atoms with Crippen LogP contribution in [-0.4, -0.2) is 28.7 Å². The lowest BCUT2D eigenvalue weighted by atomic mass is 9.83. The number of aliphatic hydroxyl groups excluding tert-OH is 2. The van der Waals surface area contributed by atoms with Crippen LogP contribution in [-0.2, 0) is 4.74 Å². The predicted molar refractivity (Wildman–Crippen MR) is 45.5 cm³/mol. The minimum absolute atomic E-state index is 0.0819. The summed E-state index contributed by atoms with van der Waals surface area (Å²) in [6.07, 6.45) is -0.766. The van der Waals surface area contributed by atoms with E-state index in [0.29, 0.717) is 5.92 Å². The highest BCUT2D eigenvalue weighted by Gasteiger charge is 2.38. The number of hydrogen-bond acceptors (Lipinski definition) is 3. The van der Waals surface area contributed by atoms with Crippen LogP contribution in [0.25, 0.3) is 0 Å². The van der Waals surface area contributed by atoms with Gasteiger partial charge in [-0.2, -0.15) is 0 Å². The molecular weight excluding hydrogens is 156 g/mol. The molecule has 0 amide bonds. The first-order valence-electron chi connectivity index (χ1n) is 4.59.